The number of methoxy groups -OCH3 is 1. The standard InChI is InChI=1S/C29H26N4O4S3/c1-4-37-21-14-12-20(13-15-21)32-27(35)25-26(33(29(38)40-25)23-11-6-5-8-18(23)2)31-28(32)39-17-24(34)30-19-9-7-10-22(16-19)36-3/h5-16H,4,17H2,1-3H3,(H,30,34). The van der Waals surface area contributed by atoms with Crippen LogP contribution >= 0.6 is 35.3 Å². The Bertz CT molecular complexity index is 1810. The number of fused-ring (bicyclic) bond motifs is 1. The van der Waals surface area contributed by atoms with Crippen LogP contribution in [-0.2, 0) is 4.79 Å². The fourth-order valence-corrected chi connectivity index (χ4v) is 6.27. The summed E-state index contributed by atoms with van der Waals surface area (Å²) in [7, 11) is 1.57. The minimum absolute atomic E-state index is 0.0292. The van der Waals surface area contributed by atoms with Crippen LogP contribution in [0.15, 0.2) is 82.7 Å². The molecule has 0 saturated heterocycles. The van der Waals surface area contributed by atoms with Gasteiger partial charge in [-0.3, -0.25) is 18.7 Å². The van der Waals surface area contributed by atoms with Gasteiger partial charge >= 0.3 is 0 Å². The van der Waals surface area contributed by atoms with Crippen molar-refractivity contribution in [2.45, 2.75) is 19.0 Å². The van der Waals surface area contributed by atoms with Crippen molar-refractivity contribution in [1.82, 2.24) is 14.1 Å². The molecule has 8 nitrogen and oxygen atoms in total. The van der Waals surface area contributed by atoms with Crippen LogP contribution in [0.5, 0.6) is 11.5 Å². The number of benzene rings is 3. The number of ether oxygens (including phenoxy) is 2. The lowest BCUT2D eigenvalue weighted by Crippen LogP contribution is -2.23. The van der Waals surface area contributed by atoms with E-state index in [0.717, 1.165) is 11.3 Å². The molecule has 5 aromatic rings. The number of carbonyl (C=O) groups is 1. The highest BCUT2D eigenvalue weighted by Gasteiger charge is 2.20. The average Bonchev–Trinajstić information content (AvgIpc) is 3.29. The molecule has 1 N–H and O–H groups in total. The molecule has 5 rings (SSSR count). The van der Waals surface area contributed by atoms with Gasteiger partial charge in [0.2, 0.25) is 5.91 Å². The van der Waals surface area contributed by atoms with Crippen LogP contribution in [0.3, 0.4) is 0 Å². The summed E-state index contributed by atoms with van der Waals surface area (Å²) in [4.78, 5) is 31.8. The number of hydrogen-bond acceptors (Lipinski definition) is 8. The molecule has 40 heavy (non-hydrogen) atoms. The minimum Gasteiger partial charge on any atom is -0.497 e. The Labute approximate surface area is 244 Å². The molecule has 0 radical (unpaired) electrons. The zero-order valence-corrected chi connectivity index (χ0v) is 24.5. The molecule has 11 heteroatoms. The highest BCUT2D eigenvalue weighted by atomic mass is 32.2. The Morgan fingerprint density at radius 2 is 1.82 bits per heavy atom. The molecule has 0 spiro atoms. The molecule has 0 unspecified atom stereocenters. The van der Waals surface area contributed by atoms with Gasteiger partial charge in [-0.15, -0.1) is 0 Å². The maximum atomic E-state index is 14.0. The Kier molecular flexibility index (Phi) is 8.34. The van der Waals surface area contributed by atoms with Crippen molar-refractivity contribution in [3.05, 3.63) is 92.7 Å². The highest BCUT2D eigenvalue weighted by Crippen LogP contribution is 2.29. The third-order valence-corrected chi connectivity index (χ3v) is 8.31. The molecule has 0 saturated carbocycles. The van der Waals surface area contributed by atoms with Crippen LogP contribution in [0.1, 0.15) is 12.5 Å². The first-order valence-corrected chi connectivity index (χ1v) is 14.6. The number of aryl methyl sites for hydroxylation is 1. The van der Waals surface area contributed by atoms with Gasteiger partial charge in [0.05, 0.1) is 30.8 Å². The van der Waals surface area contributed by atoms with Gasteiger partial charge in [-0.25, -0.2) is 4.98 Å². The number of anilines is 1. The van der Waals surface area contributed by atoms with E-state index in [1.807, 2.05) is 42.7 Å². The highest BCUT2D eigenvalue weighted by molar-refractivity contribution is 7.99. The molecular weight excluding hydrogens is 565 g/mol. The van der Waals surface area contributed by atoms with E-state index in [4.69, 9.17) is 26.7 Å². The molecule has 0 aliphatic rings. The summed E-state index contributed by atoms with van der Waals surface area (Å²) in [6, 6.07) is 22.2. The van der Waals surface area contributed by atoms with Crippen LogP contribution in [0.25, 0.3) is 21.7 Å². The van der Waals surface area contributed by atoms with E-state index < -0.39 is 0 Å². The summed E-state index contributed by atoms with van der Waals surface area (Å²) < 4.78 is 15.1. The summed E-state index contributed by atoms with van der Waals surface area (Å²) in [6.07, 6.45) is 0. The number of aromatic nitrogens is 3. The van der Waals surface area contributed by atoms with Crippen molar-refractivity contribution >= 4 is 57.3 Å². The number of para-hydroxylation sites is 1. The van der Waals surface area contributed by atoms with E-state index in [1.54, 1.807) is 55.6 Å². The molecular formula is C29H26N4O4S3. The van der Waals surface area contributed by atoms with Crippen LogP contribution < -0.4 is 20.3 Å². The molecule has 0 fully saturated rings. The van der Waals surface area contributed by atoms with Crippen LogP contribution in [-0.4, -0.2) is 39.5 Å². The Morgan fingerprint density at radius 1 is 1.05 bits per heavy atom. The molecule has 0 aliphatic heterocycles. The van der Waals surface area contributed by atoms with Crippen molar-refractivity contribution in [3.8, 4) is 22.9 Å². The molecule has 0 bridgehead atoms. The average molecular weight is 591 g/mol. The summed E-state index contributed by atoms with van der Waals surface area (Å²) in [5.41, 5.74) is 3.29. The maximum absolute atomic E-state index is 14.0. The smallest absolute Gasteiger partial charge is 0.278 e. The Morgan fingerprint density at radius 3 is 2.55 bits per heavy atom. The lowest BCUT2D eigenvalue weighted by atomic mass is 10.2. The molecule has 0 atom stereocenters. The SMILES string of the molecule is CCOc1ccc(-n2c(SCC(=O)Nc3cccc(OC)c3)nc3c(sc(=S)n3-c3ccccc3C)c2=O)cc1. The minimum atomic E-state index is -0.256. The Balaban J connectivity index is 1.58. The summed E-state index contributed by atoms with van der Waals surface area (Å²) in [6.45, 7) is 4.43. The van der Waals surface area contributed by atoms with E-state index in [1.165, 1.54) is 27.7 Å². The molecule has 3 aromatic carbocycles. The topological polar surface area (TPSA) is 87.4 Å². The lowest BCUT2D eigenvalue weighted by molar-refractivity contribution is -0.113. The van der Waals surface area contributed by atoms with Crippen molar-refractivity contribution in [1.29, 1.82) is 0 Å². The predicted octanol–water partition coefficient (Wildman–Crippen LogP) is 6.41. The third-order valence-electron chi connectivity index (χ3n) is 6.03. The normalized spacial score (nSPS) is 11.0. The quantitative estimate of drug-likeness (QED) is 0.121. The van der Waals surface area contributed by atoms with E-state index in [0.29, 0.717) is 48.9 Å². The van der Waals surface area contributed by atoms with E-state index in [9.17, 15) is 9.59 Å². The Hall–Kier alpha value is -3.93. The first-order chi connectivity index (χ1) is 19.4. The number of thiazole rings is 1. The second-order valence-electron chi connectivity index (χ2n) is 8.67. The molecule has 2 heterocycles. The molecule has 2 aromatic heterocycles. The van der Waals surface area contributed by atoms with Crippen LogP contribution in [0.4, 0.5) is 5.69 Å². The number of hydrogen-bond donors (Lipinski definition) is 1. The molecule has 0 aliphatic carbocycles. The van der Waals surface area contributed by atoms with Crippen LogP contribution in [0, 0.1) is 10.9 Å². The number of nitrogens with one attached hydrogen (secondary N) is 1. The molecule has 1 amide bonds. The zero-order valence-electron chi connectivity index (χ0n) is 22.0. The third kappa shape index (κ3) is 5.67. The van der Waals surface area contributed by atoms with E-state index >= 15 is 0 Å². The summed E-state index contributed by atoms with van der Waals surface area (Å²) >= 11 is 8.10. The molecule has 204 valence electrons. The van der Waals surface area contributed by atoms with Gasteiger partial charge in [0.25, 0.3) is 5.56 Å². The fraction of sp³-hybridized carbons (Fsp3) is 0.172. The van der Waals surface area contributed by atoms with Crippen molar-refractivity contribution < 1.29 is 14.3 Å². The number of amides is 1. The summed E-state index contributed by atoms with van der Waals surface area (Å²) in [5, 5.41) is 3.25. The van der Waals surface area contributed by atoms with Gasteiger partial charge in [0, 0.05) is 11.8 Å². The second-order valence-corrected chi connectivity index (χ2v) is 11.3. The number of nitrogens with zero attached hydrogens (tertiary/aromatic N) is 3. The van der Waals surface area contributed by atoms with Gasteiger partial charge in [-0.2, -0.15) is 0 Å². The van der Waals surface area contributed by atoms with Gasteiger partial charge < -0.3 is 14.8 Å². The van der Waals surface area contributed by atoms with Gasteiger partial charge in [-0.1, -0.05) is 47.4 Å². The predicted molar refractivity (Wildman–Crippen MR) is 164 cm³/mol. The number of carbonyl (C=O) groups excluding carboxylic acids is 1. The van der Waals surface area contributed by atoms with Crippen molar-refractivity contribution in [2.24, 2.45) is 0 Å². The first-order valence-electron chi connectivity index (χ1n) is 12.4. The van der Waals surface area contributed by atoms with Crippen LogP contribution in [0.2, 0.25) is 0 Å². The largest absolute Gasteiger partial charge is 0.497 e. The second kappa shape index (κ2) is 12.1. The van der Waals surface area contributed by atoms with Gasteiger partial charge in [0.15, 0.2) is 14.8 Å². The van der Waals surface area contributed by atoms with E-state index in [-0.39, 0.29) is 17.2 Å². The summed E-state index contributed by atoms with van der Waals surface area (Å²) in [5.74, 6) is 1.12. The van der Waals surface area contributed by atoms with Gasteiger partial charge in [0.1, 0.15) is 16.2 Å². The maximum Gasteiger partial charge on any atom is 0.278 e. The van der Waals surface area contributed by atoms with E-state index in [2.05, 4.69) is 5.32 Å². The number of thioether (sulfide) groups is 1. The van der Waals surface area contributed by atoms with Crippen molar-refractivity contribution in [2.75, 3.05) is 24.8 Å². The monoisotopic (exact) mass is 590 g/mol. The first kappa shape index (κ1) is 27.6. The fourth-order valence-electron chi connectivity index (χ4n) is 4.17. The van der Waals surface area contributed by atoms with Crippen molar-refractivity contribution in [3.63, 3.8) is 0 Å². The van der Waals surface area contributed by atoms with Gasteiger partial charge in [-0.05, 0) is 74.1 Å². The zero-order chi connectivity index (χ0) is 28.2. The number of rotatable bonds is 9. The lowest BCUT2D eigenvalue weighted by Gasteiger charge is -2.14.